The van der Waals surface area contributed by atoms with E-state index >= 15 is 0 Å². The SMILES string of the molecule is CCc1ccc(C(=O)NC(C)CCCC(C)C(=O)O)s1. The van der Waals surface area contributed by atoms with E-state index in [1.54, 1.807) is 6.92 Å². The van der Waals surface area contributed by atoms with Crippen molar-refractivity contribution in [3.63, 3.8) is 0 Å². The van der Waals surface area contributed by atoms with Gasteiger partial charge in [-0.15, -0.1) is 11.3 Å². The van der Waals surface area contributed by atoms with E-state index in [4.69, 9.17) is 5.11 Å². The second-order valence-electron chi connectivity index (χ2n) is 5.16. The lowest BCUT2D eigenvalue weighted by atomic mass is 10.0. The van der Waals surface area contributed by atoms with Crippen LogP contribution in [0.25, 0.3) is 0 Å². The first-order valence-electron chi connectivity index (χ1n) is 7.06. The van der Waals surface area contributed by atoms with Crippen LogP contribution in [0.2, 0.25) is 0 Å². The summed E-state index contributed by atoms with van der Waals surface area (Å²) < 4.78 is 0. The summed E-state index contributed by atoms with van der Waals surface area (Å²) in [4.78, 5) is 24.6. The third-order valence-electron chi connectivity index (χ3n) is 3.31. The van der Waals surface area contributed by atoms with E-state index in [2.05, 4.69) is 12.2 Å². The minimum atomic E-state index is -0.757. The van der Waals surface area contributed by atoms with Gasteiger partial charge in [0.2, 0.25) is 0 Å². The van der Waals surface area contributed by atoms with Gasteiger partial charge >= 0.3 is 5.97 Å². The highest BCUT2D eigenvalue weighted by Crippen LogP contribution is 2.17. The first-order chi connectivity index (χ1) is 9.43. The molecule has 0 aromatic carbocycles. The molecule has 4 nitrogen and oxygen atoms in total. The number of aryl methyl sites for hydroxylation is 1. The maximum Gasteiger partial charge on any atom is 0.306 e. The van der Waals surface area contributed by atoms with Crippen molar-refractivity contribution in [3.8, 4) is 0 Å². The van der Waals surface area contributed by atoms with Crippen LogP contribution in [0.5, 0.6) is 0 Å². The van der Waals surface area contributed by atoms with Crippen molar-refractivity contribution >= 4 is 23.2 Å². The molecule has 0 aliphatic heterocycles. The van der Waals surface area contributed by atoms with E-state index in [0.717, 1.165) is 24.1 Å². The Balaban J connectivity index is 2.33. The maximum absolute atomic E-state index is 12.0. The number of carboxylic acid groups (broad SMARTS) is 1. The van der Waals surface area contributed by atoms with Gasteiger partial charge in [0.05, 0.1) is 10.8 Å². The lowest BCUT2D eigenvalue weighted by Gasteiger charge is -2.14. The van der Waals surface area contributed by atoms with E-state index in [9.17, 15) is 9.59 Å². The third-order valence-corrected chi connectivity index (χ3v) is 4.54. The molecule has 5 heteroatoms. The molecule has 2 atom stereocenters. The predicted molar refractivity (Wildman–Crippen MR) is 81.3 cm³/mol. The van der Waals surface area contributed by atoms with Gasteiger partial charge in [-0.3, -0.25) is 9.59 Å². The largest absolute Gasteiger partial charge is 0.481 e. The summed E-state index contributed by atoms with van der Waals surface area (Å²) >= 11 is 1.53. The molecule has 0 saturated carbocycles. The highest BCUT2D eigenvalue weighted by atomic mass is 32.1. The molecule has 20 heavy (non-hydrogen) atoms. The zero-order chi connectivity index (χ0) is 15.1. The Morgan fingerprint density at radius 2 is 2.00 bits per heavy atom. The Hall–Kier alpha value is -1.36. The van der Waals surface area contributed by atoms with Gasteiger partial charge in [-0.1, -0.05) is 20.3 Å². The predicted octanol–water partition coefficient (Wildman–Crippen LogP) is 3.32. The van der Waals surface area contributed by atoms with Gasteiger partial charge in [-0.05, 0) is 38.3 Å². The molecule has 1 aromatic heterocycles. The van der Waals surface area contributed by atoms with Crippen LogP contribution in [0.15, 0.2) is 12.1 Å². The number of carbonyl (C=O) groups is 2. The minimum absolute atomic E-state index is 0.0338. The first kappa shape index (κ1) is 16.7. The zero-order valence-electron chi connectivity index (χ0n) is 12.3. The second kappa shape index (κ2) is 8.04. The Bertz CT molecular complexity index is 456. The van der Waals surface area contributed by atoms with Crippen LogP contribution in [0.1, 0.15) is 54.6 Å². The minimum Gasteiger partial charge on any atom is -0.481 e. The summed E-state index contributed by atoms with van der Waals surface area (Å²) in [5.41, 5.74) is 0. The molecule has 0 bridgehead atoms. The summed E-state index contributed by atoms with van der Waals surface area (Å²) in [5, 5.41) is 11.8. The molecule has 0 spiro atoms. The number of carbonyl (C=O) groups excluding carboxylic acids is 1. The number of aliphatic carboxylic acids is 1. The average molecular weight is 297 g/mol. The topological polar surface area (TPSA) is 66.4 Å². The summed E-state index contributed by atoms with van der Waals surface area (Å²) in [7, 11) is 0. The normalized spacial score (nSPS) is 13.8. The van der Waals surface area contributed by atoms with Crippen LogP contribution in [0, 0.1) is 5.92 Å². The molecule has 1 rings (SSSR count). The monoisotopic (exact) mass is 297 g/mol. The summed E-state index contributed by atoms with van der Waals surface area (Å²) in [6, 6.07) is 3.91. The standard InChI is InChI=1S/C15H23NO3S/c1-4-12-8-9-13(20-12)14(17)16-11(3)7-5-6-10(2)15(18)19/h8-11H,4-7H2,1-3H3,(H,16,17)(H,18,19). The fourth-order valence-corrected chi connectivity index (χ4v) is 2.76. The smallest absolute Gasteiger partial charge is 0.306 e. The quantitative estimate of drug-likeness (QED) is 0.773. The molecule has 0 aliphatic carbocycles. The lowest BCUT2D eigenvalue weighted by molar-refractivity contribution is -0.141. The zero-order valence-corrected chi connectivity index (χ0v) is 13.1. The number of rotatable bonds is 8. The number of hydrogen-bond acceptors (Lipinski definition) is 3. The number of hydrogen-bond donors (Lipinski definition) is 2. The molecule has 0 aliphatic rings. The van der Waals surface area contributed by atoms with Crippen molar-refractivity contribution in [2.75, 3.05) is 0 Å². The van der Waals surface area contributed by atoms with Crippen molar-refractivity contribution in [2.24, 2.45) is 5.92 Å². The van der Waals surface area contributed by atoms with Crippen molar-refractivity contribution in [3.05, 3.63) is 21.9 Å². The second-order valence-corrected chi connectivity index (χ2v) is 6.33. The molecule has 0 fully saturated rings. The fourth-order valence-electron chi connectivity index (χ4n) is 1.91. The molecule has 1 aromatic rings. The van der Waals surface area contributed by atoms with Gasteiger partial charge in [-0.25, -0.2) is 0 Å². The third kappa shape index (κ3) is 5.33. The Morgan fingerprint density at radius 1 is 1.30 bits per heavy atom. The van der Waals surface area contributed by atoms with Crippen LogP contribution in [-0.4, -0.2) is 23.0 Å². The fraction of sp³-hybridized carbons (Fsp3) is 0.600. The van der Waals surface area contributed by atoms with Gasteiger partial charge < -0.3 is 10.4 Å². The molecular weight excluding hydrogens is 274 g/mol. The molecular formula is C15H23NO3S. The van der Waals surface area contributed by atoms with Crippen LogP contribution >= 0.6 is 11.3 Å². The number of carboxylic acids is 1. The van der Waals surface area contributed by atoms with Crippen LogP contribution in [0.4, 0.5) is 0 Å². The van der Waals surface area contributed by atoms with Gasteiger partial charge in [0, 0.05) is 10.9 Å². The average Bonchev–Trinajstić information content (AvgIpc) is 2.87. The Kier molecular flexibility index (Phi) is 6.71. The van der Waals surface area contributed by atoms with Gasteiger partial charge in [-0.2, -0.15) is 0 Å². The van der Waals surface area contributed by atoms with Crippen molar-refractivity contribution in [1.29, 1.82) is 0 Å². The molecule has 0 saturated heterocycles. The van der Waals surface area contributed by atoms with Crippen LogP contribution in [0.3, 0.4) is 0 Å². The number of thiophene rings is 1. The highest BCUT2D eigenvalue weighted by Gasteiger charge is 2.14. The van der Waals surface area contributed by atoms with Gasteiger partial charge in [0.1, 0.15) is 0 Å². The van der Waals surface area contributed by atoms with Crippen molar-refractivity contribution < 1.29 is 14.7 Å². The molecule has 2 unspecified atom stereocenters. The van der Waals surface area contributed by atoms with E-state index in [-0.39, 0.29) is 17.9 Å². The number of nitrogens with one attached hydrogen (secondary N) is 1. The molecule has 1 amide bonds. The van der Waals surface area contributed by atoms with Gasteiger partial charge in [0.15, 0.2) is 0 Å². The highest BCUT2D eigenvalue weighted by molar-refractivity contribution is 7.14. The Morgan fingerprint density at radius 3 is 2.55 bits per heavy atom. The van der Waals surface area contributed by atoms with Crippen molar-refractivity contribution in [1.82, 2.24) is 5.32 Å². The molecule has 2 N–H and O–H groups in total. The van der Waals surface area contributed by atoms with Crippen molar-refractivity contribution in [2.45, 2.75) is 52.5 Å². The van der Waals surface area contributed by atoms with E-state index < -0.39 is 5.97 Å². The lowest BCUT2D eigenvalue weighted by Crippen LogP contribution is -2.32. The summed E-state index contributed by atoms with van der Waals surface area (Å²) in [6.45, 7) is 5.74. The van der Waals surface area contributed by atoms with E-state index in [0.29, 0.717) is 6.42 Å². The van der Waals surface area contributed by atoms with Gasteiger partial charge in [0.25, 0.3) is 5.91 Å². The Labute approximate surface area is 124 Å². The molecule has 1 heterocycles. The molecule has 112 valence electrons. The van der Waals surface area contributed by atoms with Crippen LogP contribution in [-0.2, 0) is 11.2 Å². The van der Waals surface area contributed by atoms with Crippen LogP contribution < -0.4 is 5.32 Å². The number of amides is 1. The first-order valence-corrected chi connectivity index (χ1v) is 7.88. The van der Waals surface area contributed by atoms with E-state index in [1.165, 1.54) is 16.2 Å². The maximum atomic E-state index is 12.0. The summed E-state index contributed by atoms with van der Waals surface area (Å²) in [5.74, 6) is -1.11. The van der Waals surface area contributed by atoms with E-state index in [1.807, 2.05) is 19.1 Å². The summed E-state index contributed by atoms with van der Waals surface area (Å²) in [6.07, 6.45) is 3.20. The molecule has 0 radical (unpaired) electrons.